The molecular formula is C15H12O3S. The highest BCUT2D eigenvalue weighted by Crippen LogP contribution is 2.14. The third-order valence-electron chi connectivity index (χ3n) is 2.68. The van der Waals surface area contributed by atoms with Crippen LogP contribution in [0.3, 0.4) is 0 Å². The predicted octanol–water partition coefficient (Wildman–Crippen LogP) is 2.99. The lowest BCUT2D eigenvalue weighted by molar-refractivity contribution is 0.0600. The Labute approximate surface area is 116 Å². The molecule has 0 radical (unpaired) electrons. The maximum absolute atomic E-state index is 12.2. The SMILES string of the molecule is COC(=O)c1cccc(C(=O)c2ccc(S)cc2)c1. The average Bonchev–Trinajstić information content (AvgIpc) is 2.46. The fourth-order valence-electron chi connectivity index (χ4n) is 1.68. The van der Waals surface area contributed by atoms with E-state index in [-0.39, 0.29) is 5.78 Å². The Kier molecular flexibility index (Phi) is 4.02. The fraction of sp³-hybridized carbons (Fsp3) is 0.0667. The van der Waals surface area contributed by atoms with Crippen molar-refractivity contribution >= 4 is 24.4 Å². The molecule has 3 nitrogen and oxygen atoms in total. The van der Waals surface area contributed by atoms with E-state index in [2.05, 4.69) is 17.4 Å². The Bertz CT molecular complexity index is 618. The summed E-state index contributed by atoms with van der Waals surface area (Å²) in [5.74, 6) is -0.598. The highest BCUT2D eigenvalue weighted by Gasteiger charge is 2.12. The van der Waals surface area contributed by atoms with Crippen LogP contribution >= 0.6 is 12.6 Å². The van der Waals surface area contributed by atoms with Gasteiger partial charge in [-0.3, -0.25) is 4.79 Å². The molecule has 2 aromatic carbocycles. The van der Waals surface area contributed by atoms with Crippen LogP contribution in [0, 0.1) is 0 Å². The second kappa shape index (κ2) is 5.71. The molecule has 0 aliphatic rings. The van der Waals surface area contributed by atoms with Crippen molar-refractivity contribution in [2.75, 3.05) is 7.11 Å². The second-order valence-electron chi connectivity index (χ2n) is 3.95. The number of hydrogen-bond acceptors (Lipinski definition) is 4. The Morgan fingerprint density at radius 3 is 2.21 bits per heavy atom. The van der Waals surface area contributed by atoms with Crippen LogP contribution in [0.4, 0.5) is 0 Å². The van der Waals surface area contributed by atoms with Gasteiger partial charge in [0.1, 0.15) is 0 Å². The second-order valence-corrected chi connectivity index (χ2v) is 4.46. The average molecular weight is 272 g/mol. The molecule has 0 saturated heterocycles. The molecule has 0 aliphatic carbocycles. The van der Waals surface area contributed by atoms with Crippen LogP contribution in [0.15, 0.2) is 53.4 Å². The van der Waals surface area contributed by atoms with E-state index in [1.807, 2.05) is 0 Å². The van der Waals surface area contributed by atoms with Crippen LogP contribution in [-0.2, 0) is 4.74 Å². The molecule has 0 unspecified atom stereocenters. The van der Waals surface area contributed by atoms with E-state index in [0.29, 0.717) is 16.7 Å². The van der Waals surface area contributed by atoms with Crippen molar-refractivity contribution in [1.82, 2.24) is 0 Å². The molecular weight excluding hydrogens is 260 g/mol. The van der Waals surface area contributed by atoms with Gasteiger partial charge in [0.2, 0.25) is 0 Å². The van der Waals surface area contributed by atoms with E-state index in [9.17, 15) is 9.59 Å². The van der Waals surface area contributed by atoms with Crippen molar-refractivity contribution < 1.29 is 14.3 Å². The molecule has 0 heterocycles. The van der Waals surface area contributed by atoms with Crippen LogP contribution in [0.5, 0.6) is 0 Å². The fourth-order valence-corrected chi connectivity index (χ4v) is 1.83. The third-order valence-corrected chi connectivity index (χ3v) is 2.97. The molecule has 0 saturated carbocycles. The van der Waals surface area contributed by atoms with Crippen molar-refractivity contribution in [2.45, 2.75) is 4.90 Å². The van der Waals surface area contributed by atoms with Crippen LogP contribution in [-0.4, -0.2) is 18.9 Å². The summed E-state index contributed by atoms with van der Waals surface area (Å²) in [5.41, 5.74) is 1.37. The topological polar surface area (TPSA) is 43.4 Å². The Morgan fingerprint density at radius 2 is 1.58 bits per heavy atom. The normalized spacial score (nSPS) is 10.0. The summed E-state index contributed by atoms with van der Waals surface area (Å²) in [4.78, 5) is 24.5. The molecule has 0 fully saturated rings. The number of ether oxygens (including phenoxy) is 1. The van der Waals surface area contributed by atoms with Crippen LogP contribution in [0.1, 0.15) is 26.3 Å². The van der Waals surface area contributed by atoms with E-state index in [1.54, 1.807) is 42.5 Å². The number of carbonyl (C=O) groups is 2. The summed E-state index contributed by atoms with van der Waals surface area (Å²) in [6.07, 6.45) is 0. The minimum Gasteiger partial charge on any atom is -0.465 e. The molecule has 96 valence electrons. The third kappa shape index (κ3) is 3.03. The quantitative estimate of drug-likeness (QED) is 0.530. The van der Waals surface area contributed by atoms with Crippen molar-refractivity contribution in [3.05, 3.63) is 65.2 Å². The molecule has 0 bridgehead atoms. The molecule has 2 rings (SSSR count). The van der Waals surface area contributed by atoms with Gasteiger partial charge in [-0.1, -0.05) is 12.1 Å². The predicted molar refractivity (Wildman–Crippen MR) is 74.9 cm³/mol. The number of thiol groups is 1. The number of carbonyl (C=O) groups excluding carboxylic acids is 2. The number of benzene rings is 2. The van der Waals surface area contributed by atoms with Gasteiger partial charge < -0.3 is 4.74 Å². The highest BCUT2D eigenvalue weighted by atomic mass is 32.1. The van der Waals surface area contributed by atoms with Gasteiger partial charge >= 0.3 is 5.97 Å². The van der Waals surface area contributed by atoms with Crippen molar-refractivity contribution in [1.29, 1.82) is 0 Å². The van der Waals surface area contributed by atoms with Crippen molar-refractivity contribution in [2.24, 2.45) is 0 Å². The summed E-state index contributed by atoms with van der Waals surface area (Å²) in [5, 5.41) is 0. The van der Waals surface area contributed by atoms with Gasteiger partial charge in [0, 0.05) is 16.0 Å². The summed E-state index contributed by atoms with van der Waals surface area (Å²) < 4.78 is 4.63. The van der Waals surface area contributed by atoms with E-state index in [1.165, 1.54) is 13.2 Å². The minimum atomic E-state index is -0.458. The van der Waals surface area contributed by atoms with Gasteiger partial charge in [0.15, 0.2) is 5.78 Å². The van der Waals surface area contributed by atoms with Gasteiger partial charge in [-0.2, -0.15) is 0 Å². The zero-order chi connectivity index (χ0) is 13.8. The molecule has 0 aromatic heterocycles. The lowest BCUT2D eigenvalue weighted by atomic mass is 10.0. The van der Waals surface area contributed by atoms with Crippen molar-refractivity contribution in [3.8, 4) is 0 Å². The molecule has 0 spiro atoms. The zero-order valence-electron chi connectivity index (χ0n) is 10.3. The summed E-state index contributed by atoms with van der Waals surface area (Å²) in [6.45, 7) is 0. The molecule has 19 heavy (non-hydrogen) atoms. The van der Waals surface area contributed by atoms with E-state index in [4.69, 9.17) is 0 Å². The Balaban J connectivity index is 2.34. The number of methoxy groups -OCH3 is 1. The maximum Gasteiger partial charge on any atom is 0.337 e. The van der Waals surface area contributed by atoms with Gasteiger partial charge in [-0.15, -0.1) is 12.6 Å². The molecule has 0 aliphatic heterocycles. The van der Waals surface area contributed by atoms with Crippen LogP contribution in [0.2, 0.25) is 0 Å². The summed E-state index contributed by atoms with van der Waals surface area (Å²) in [7, 11) is 1.31. The summed E-state index contributed by atoms with van der Waals surface area (Å²) in [6, 6.07) is 13.4. The lowest BCUT2D eigenvalue weighted by Crippen LogP contribution is -2.05. The lowest BCUT2D eigenvalue weighted by Gasteiger charge is -2.04. The molecule has 4 heteroatoms. The standard InChI is InChI=1S/C15H12O3S/c1-18-15(17)12-4-2-3-11(9-12)14(16)10-5-7-13(19)8-6-10/h2-9,19H,1H3. The smallest absolute Gasteiger partial charge is 0.337 e. The zero-order valence-corrected chi connectivity index (χ0v) is 11.2. The van der Waals surface area contributed by atoms with E-state index >= 15 is 0 Å². The maximum atomic E-state index is 12.2. The summed E-state index contributed by atoms with van der Waals surface area (Å²) >= 11 is 4.17. The number of hydrogen-bond donors (Lipinski definition) is 1. The largest absolute Gasteiger partial charge is 0.465 e. The first-order valence-corrected chi connectivity index (χ1v) is 6.08. The van der Waals surface area contributed by atoms with E-state index < -0.39 is 5.97 Å². The first-order chi connectivity index (χ1) is 9.11. The molecule has 0 atom stereocenters. The van der Waals surface area contributed by atoms with Crippen LogP contribution in [0.25, 0.3) is 0 Å². The van der Waals surface area contributed by atoms with Gasteiger partial charge in [-0.05, 0) is 36.4 Å². The minimum absolute atomic E-state index is 0.140. The first-order valence-electron chi connectivity index (χ1n) is 5.64. The van der Waals surface area contributed by atoms with Gasteiger partial charge in [-0.25, -0.2) is 4.79 Å². The number of ketones is 1. The number of esters is 1. The number of rotatable bonds is 3. The molecule has 0 amide bonds. The first kappa shape index (κ1) is 13.4. The Morgan fingerprint density at radius 1 is 0.947 bits per heavy atom. The van der Waals surface area contributed by atoms with E-state index in [0.717, 1.165) is 4.90 Å². The monoisotopic (exact) mass is 272 g/mol. The van der Waals surface area contributed by atoms with Gasteiger partial charge in [0.05, 0.1) is 12.7 Å². The molecule has 2 aromatic rings. The van der Waals surface area contributed by atoms with Crippen LogP contribution < -0.4 is 0 Å². The highest BCUT2D eigenvalue weighted by molar-refractivity contribution is 7.80. The Hall–Kier alpha value is -2.07. The van der Waals surface area contributed by atoms with Crippen molar-refractivity contribution in [3.63, 3.8) is 0 Å². The molecule has 0 N–H and O–H groups in total. The van der Waals surface area contributed by atoms with Gasteiger partial charge in [0.25, 0.3) is 0 Å².